The summed E-state index contributed by atoms with van der Waals surface area (Å²) in [5, 5.41) is 22.9. The van der Waals surface area contributed by atoms with Gasteiger partial charge in [-0.25, -0.2) is 0 Å². The van der Waals surface area contributed by atoms with E-state index in [2.05, 4.69) is 31.3 Å². The van der Waals surface area contributed by atoms with Crippen molar-refractivity contribution in [1.29, 1.82) is 0 Å². The largest absolute Gasteiger partial charge is 0.466 e. The molecule has 1 amide bonds. The van der Waals surface area contributed by atoms with E-state index in [0.717, 1.165) is 44.9 Å². The molecule has 0 radical (unpaired) electrons. The van der Waals surface area contributed by atoms with Crippen LogP contribution in [0.2, 0.25) is 0 Å². The Labute approximate surface area is 367 Å². The second-order valence-corrected chi connectivity index (χ2v) is 17.9. The lowest BCUT2D eigenvalue weighted by molar-refractivity contribution is -0.143. The van der Waals surface area contributed by atoms with Crippen LogP contribution in [0.4, 0.5) is 0 Å². The van der Waals surface area contributed by atoms with Gasteiger partial charge in [0.2, 0.25) is 5.91 Å². The van der Waals surface area contributed by atoms with Gasteiger partial charge in [-0.05, 0) is 57.8 Å². The molecule has 348 valence electrons. The van der Waals surface area contributed by atoms with E-state index >= 15 is 0 Å². The molecule has 6 heteroatoms. The van der Waals surface area contributed by atoms with E-state index in [1.807, 2.05) is 6.08 Å². The minimum absolute atomic E-state index is 0.00650. The first kappa shape index (κ1) is 57.3. The van der Waals surface area contributed by atoms with Crippen molar-refractivity contribution in [2.45, 2.75) is 289 Å². The highest BCUT2D eigenvalue weighted by atomic mass is 16.5. The van der Waals surface area contributed by atoms with Gasteiger partial charge in [0.05, 0.1) is 25.4 Å². The third-order valence-corrected chi connectivity index (χ3v) is 12.0. The average Bonchev–Trinajstić information content (AvgIpc) is 3.24. The standard InChI is InChI=1S/C53H101NO5/c1-3-5-7-9-11-13-14-23-27-31-35-39-43-47-53(58)59-48-44-40-36-32-28-25-22-20-18-16-15-17-19-21-24-26-30-34-38-42-46-52(57)54-50(49-55)51(56)45-41-37-33-29-12-10-8-6-4-2/h15,17,41,45,50-51,55-56H,3-14,16,18-40,42-44,46-49H2,1-2H3,(H,54,57)/b17-15-,45-41+. The SMILES string of the molecule is CCCCCCCCC/C=C/C(O)C(CO)NC(=O)CCCCCCCCC/C=C\CCCCCCCCCCCOC(=O)CCCCCCCCCCCCCCC. The lowest BCUT2D eigenvalue weighted by Crippen LogP contribution is -2.45. The van der Waals surface area contributed by atoms with Gasteiger partial charge in [-0.2, -0.15) is 0 Å². The quantitative estimate of drug-likeness (QED) is 0.0322. The molecule has 0 saturated carbocycles. The predicted molar refractivity (Wildman–Crippen MR) is 255 cm³/mol. The van der Waals surface area contributed by atoms with Crippen LogP contribution in [0.1, 0.15) is 277 Å². The van der Waals surface area contributed by atoms with Crippen LogP contribution in [0.15, 0.2) is 24.3 Å². The lowest BCUT2D eigenvalue weighted by Gasteiger charge is -2.20. The van der Waals surface area contributed by atoms with Crippen LogP contribution in [0.3, 0.4) is 0 Å². The average molecular weight is 832 g/mol. The molecule has 59 heavy (non-hydrogen) atoms. The Morgan fingerprint density at radius 1 is 0.458 bits per heavy atom. The number of amides is 1. The highest BCUT2D eigenvalue weighted by Crippen LogP contribution is 2.15. The zero-order valence-electron chi connectivity index (χ0n) is 39.5. The summed E-state index contributed by atoms with van der Waals surface area (Å²) in [6.45, 7) is 4.86. The van der Waals surface area contributed by atoms with Crippen LogP contribution in [0, 0.1) is 0 Å². The van der Waals surface area contributed by atoms with Crippen molar-refractivity contribution in [2.75, 3.05) is 13.2 Å². The molecule has 0 spiro atoms. The molecule has 2 atom stereocenters. The van der Waals surface area contributed by atoms with Crippen molar-refractivity contribution in [3.05, 3.63) is 24.3 Å². The fourth-order valence-electron chi connectivity index (χ4n) is 7.92. The lowest BCUT2D eigenvalue weighted by atomic mass is 10.0. The summed E-state index contributed by atoms with van der Waals surface area (Å²) in [6, 6.07) is -0.631. The minimum Gasteiger partial charge on any atom is -0.466 e. The maximum absolute atomic E-state index is 12.4. The van der Waals surface area contributed by atoms with Gasteiger partial charge < -0.3 is 20.3 Å². The fourth-order valence-corrected chi connectivity index (χ4v) is 7.92. The maximum atomic E-state index is 12.4. The molecule has 0 aliphatic carbocycles. The summed E-state index contributed by atoms with van der Waals surface area (Å²) in [5.41, 5.74) is 0. The summed E-state index contributed by atoms with van der Waals surface area (Å²) in [6.07, 6.45) is 57.6. The zero-order chi connectivity index (χ0) is 43.0. The molecule has 0 fully saturated rings. The number of nitrogens with one attached hydrogen (secondary N) is 1. The number of aliphatic hydroxyl groups excluding tert-OH is 2. The Kier molecular flexibility index (Phi) is 47.6. The van der Waals surface area contributed by atoms with E-state index in [1.165, 1.54) is 205 Å². The van der Waals surface area contributed by atoms with E-state index in [9.17, 15) is 19.8 Å². The van der Waals surface area contributed by atoms with Gasteiger partial charge in [0.15, 0.2) is 0 Å². The van der Waals surface area contributed by atoms with E-state index in [4.69, 9.17) is 4.74 Å². The molecule has 3 N–H and O–H groups in total. The Balaban J connectivity index is 3.42. The Morgan fingerprint density at radius 2 is 0.797 bits per heavy atom. The first-order valence-corrected chi connectivity index (χ1v) is 26.1. The molecular weight excluding hydrogens is 731 g/mol. The molecule has 0 aromatic carbocycles. The fraction of sp³-hybridized carbons (Fsp3) is 0.887. The molecule has 0 saturated heterocycles. The highest BCUT2D eigenvalue weighted by Gasteiger charge is 2.18. The molecule has 0 aliphatic rings. The van der Waals surface area contributed by atoms with Crippen molar-refractivity contribution in [3.63, 3.8) is 0 Å². The van der Waals surface area contributed by atoms with Crippen LogP contribution in [-0.4, -0.2) is 47.4 Å². The van der Waals surface area contributed by atoms with Crippen LogP contribution in [0.25, 0.3) is 0 Å². The molecule has 2 unspecified atom stereocenters. The molecule has 6 nitrogen and oxygen atoms in total. The number of hydrogen-bond acceptors (Lipinski definition) is 5. The van der Waals surface area contributed by atoms with Crippen LogP contribution in [0.5, 0.6) is 0 Å². The summed E-state index contributed by atoms with van der Waals surface area (Å²) in [5.74, 6) is -0.0730. The Bertz CT molecular complexity index is 920. The van der Waals surface area contributed by atoms with Crippen LogP contribution < -0.4 is 5.32 Å². The number of carbonyl (C=O) groups excluding carboxylic acids is 2. The molecule has 0 heterocycles. The van der Waals surface area contributed by atoms with Gasteiger partial charge in [0, 0.05) is 12.8 Å². The predicted octanol–water partition coefficient (Wildman–Crippen LogP) is 15.5. The zero-order valence-corrected chi connectivity index (χ0v) is 39.5. The number of allylic oxidation sites excluding steroid dienone is 3. The Hall–Kier alpha value is -1.66. The van der Waals surface area contributed by atoms with E-state index < -0.39 is 12.1 Å². The van der Waals surface area contributed by atoms with Gasteiger partial charge in [-0.3, -0.25) is 9.59 Å². The van der Waals surface area contributed by atoms with Crippen molar-refractivity contribution in [3.8, 4) is 0 Å². The van der Waals surface area contributed by atoms with Gasteiger partial charge in [-0.1, -0.05) is 231 Å². The first-order chi connectivity index (χ1) is 29.0. The topological polar surface area (TPSA) is 95.9 Å². The third kappa shape index (κ3) is 45.7. The van der Waals surface area contributed by atoms with Gasteiger partial charge >= 0.3 is 5.97 Å². The first-order valence-electron chi connectivity index (χ1n) is 26.1. The third-order valence-electron chi connectivity index (χ3n) is 12.0. The maximum Gasteiger partial charge on any atom is 0.305 e. The van der Waals surface area contributed by atoms with Crippen molar-refractivity contribution < 1.29 is 24.5 Å². The number of unbranched alkanes of at least 4 members (excludes halogenated alkanes) is 35. The number of aliphatic hydroxyl groups is 2. The second-order valence-electron chi connectivity index (χ2n) is 17.9. The molecule has 0 aromatic rings. The monoisotopic (exact) mass is 832 g/mol. The number of esters is 1. The normalized spacial score (nSPS) is 12.8. The van der Waals surface area contributed by atoms with Crippen molar-refractivity contribution >= 4 is 11.9 Å². The second kappa shape index (κ2) is 49.0. The van der Waals surface area contributed by atoms with Crippen molar-refractivity contribution in [1.82, 2.24) is 5.32 Å². The summed E-state index contributed by atoms with van der Waals surface area (Å²) in [7, 11) is 0. The molecule has 0 aromatic heterocycles. The summed E-state index contributed by atoms with van der Waals surface area (Å²) < 4.78 is 5.46. The number of carbonyl (C=O) groups is 2. The number of hydrogen-bond donors (Lipinski definition) is 3. The molecule has 0 aliphatic heterocycles. The Morgan fingerprint density at radius 3 is 1.20 bits per heavy atom. The van der Waals surface area contributed by atoms with E-state index in [-0.39, 0.29) is 18.5 Å². The van der Waals surface area contributed by atoms with E-state index in [1.54, 1.807) is 6.08 Å². The number of rotatable bonds is 48. The van der Waals surface area contributed by atoms with Gasteiger partial charge in [0.25, 0.3) is 0 Å². The van der Waals surface area contributed by atoms with Crippen molar-refractivity contribution in [2.24, 2.45) is 0 Å². The van der Waals surface area contributed by atoms with Crippen LogP contribution in [-0.2, 0) is 14.3 Å². The smallest absolute Gasteiger partial charge is 0.305 e. The van der Waals surface area contributed by atoms with Gasteiger partial charge in [0.1, 0.15) is 0 Å². The highest BCUT2D eigenvalue weighted by molar-refractivity contribution is 5.76. The molecule has 0 bridgehead atoms. The minimum atomic E-state index is -0.847. The van der Waals surface area contributed by atoms with Gasteiger partial charge in [-0.15, -0.1) is 0 Å². The molecule has 0 rings (SSSR count). The van der Waals surface area contributed by atoms with Crippen LogP contribution >= 0.6 is 0 Å². The van der Waals surface area contributed by atoms with E-state index in [0.29, 0.717) is 19.4 Å². The summed E-state index contributed by atoms with van der Waals surface area (Å²) in [4.78, 5) is 24.4. The molecular formula is C53H101NO5. The number of ether oxygens (including phenoxy) is 1. The summed E-state index contributed by atoms with van der Waals surface area (Å²) >= 11 is 0.